The molecule has 5 rings (SSSR count). The Hall–Kier alpha value is -3.41. The minimum Gasteiger partial charge on any atom is -0.382 e. The van der Waals surface area contributed by atoms with E-state index in [9.17, 15) is 0 Å². The topological polar surface area (TPSA) is 66.0 Å². The highest BCUT2D eigenvalue weighted by molar-refractivity contribution is 6.30. The lowest BCUT2D eigenvalue weighted by atomic mass is 10.1. The number of nitrogen functional groups attached to an aromatic ring is 1. The van der Waals surface area contributed by atoms with E-state index in [-0.39, 0.29) is 6.10 Å². The number of ether oxygens (including phenoxy) is 1. The maximum absolute atomic E-state index is 6.38. The van der Waals surface area contributed by atoms with Gasteiger partial charge in [0.1, 0.15) is 11.6 Å². The van der Waals surface area contributed by atoms with Crippen LogP contribution in [0.25, 0.3) is 21.9 Å². The molecule has 154 valence electrons. The van der Waals surface area contributed by atoms with E-state index in [0.717, 1.165) is 27.5 Å². The van der Waals surface area contributed by atoms with E-state index in [1.165, 1.54) is 0 Å². The molecule has 0 aliphatic rings. The van der Waals surface area contributed by atoms with Gasteiger partial charge in [0.25, 0.3) is 0 Å². The predicted octanol–water partition coefficient (Wildman–Crippen LogP) is 5.78. The number of hydrogen-bond acceptors (Lipinski definition) is 4. The van der Waals surface area contributed by atoms with Crippen molar-refractivity contribution in [1.29, 1.82) is 0 Å². The second-order valence-electron chi connectivity index (χ2n) is 7.45. The van der Waals surface area contributed by atoms with Gasteiger partial charge in [0, 0.05) is 10.4 Å². The number of para-hydroxylation sites is 1. The summed E-state index contributed by atoms with van der Waals surface area (Å²) in [5.74, 6) is 0.436. The van der Waals surface area contributed by atoms with Crippen molar-refractivity contribution < 1.29 is 4.74 Å². The van der Waals surface area contributed by atoms with Crippen molar-refractivity contribution in [3.63, 3.8) is 0 Å². The van der Waals surface area contributed by atoms with Crippen LogP contribution in [0.4, 0.5) is 5.82 Å². The lowest BCUT2D eigenvalue weighted by Crippen LogP contribution is -2.12. The average molecular weight is 429 g/mol. The Morgan fingerprint density at radius 1 is 0.935 bits per heavy atom. The highest BCUT2D eigenvalue weighted by atomic mass is 35.5. The minimum atomic E-state index is -0.164. The average Bonchev–Trinajstić information content (AvgIpc) is 3.23. The van der Waals surface area contributed by atoms with Crippen molar-refractivity contribution in [2.75, 3.05) is 5.73 Å². The number of nitrogens with two attached hydrogens (primary N) is 1. The van der Waals surface area contributed by atoms with Crippen LogP contribution in [0.15, 0.2) is 85.2 Å². The molecule has 1 atom stereocenters. The number of hydrogen-bond donors (Lipinski definition) is 1. The largest absolute Gasteiger partial charge is 0.382 e. The van der Waals surface area contributed by atoms with Gasteiger partial charge in [-0.1, -0.05) is 72.3 Å². The molecule has 0 saturated heterocycles. The fourth-order valence-corrected chi connectivity index (χ4v) is 3.95. The van der Waals surface area contributed by atoms with Crippen LogP contribution in [0.5, 0.6) is 0 Å². The summed E-state index contributed by atoms with van der Waals surface area (Å²) in [6.07, 6.45) is 1.65. The first kappa shape index (κ1) is 19.5. The quantitative estimate of drug-likeness (QED) is 0.372. The zero-order chi connectivity index (χ0) is 21.2. The van der Waals surface area contributed by atoms with Gasteiger partial charge in [-0.25, -0.2) is 9.97 Å². The summed E-state index contributed by atoms with van der Waals surface area (Å²) in [7, 11) is 0. The fraction of sp³-hybridized carbons (Fsp3) is 0.120. The molecule has 0 radical (unpaired) electrons. The number of aromatic nitrogens is 3. The molecule has 5 nitrogen and oxygen atoms in total. The van der Waals surface area contributed by atoms with Crippen molar-refractivity contribution in [3.8, 4) is 0 Å². The smallest absolute Gasteiger partial charge is 0.152 e. The molecule has 0 spiro atoms. The number of anilines is 1. The number of imidazole rings is 1. The number of nitrogens with zero attached hydrogens (tertiary/aromatic N) is 3. The Bertz CT molecular complexity index is 1330. The number of rotatable bonds is 6. The van der Waals surface area contributed by atoms with Crippen LogP contribution in [-0.4, -0.2) is 14.5 Å². The fourth-order valence-electron chi connectivity index (χ4n) is 3.82. The lowest BCUT2D eigenvalue weighted by molar-refractivity contribution is 0.0287. The molecule has 1 unspecified atom stereocenters. The maximum atomic E-state index is 6.38. The number of fused-ring (bicyclic) bond motifs is 3. The molecule has 5 aromatic rings. The third kappa shape index (κ3) is 3.98. The molecule has 0 aliphatic carbocycles. The summed E-state index contributed by atoms with van der Waals surface area (Å²) in [4.78, 5) is 9.05. The standard InChI is InChI=1S/C25H21ClN4O/c26-19-12-10-17(11-13-19)15-31-22(18-6-2-1-3-7-18)14-30-16-28-23-24(30)20-8-4-5-9-21(20)29-25(23)27/h1-13,16,22H,14-15H2,(H2,27,29). The van der Waals surface area contributed by atoms with Crippen molar-refractivity contribution in [3.05, 3.63) is 101 Å². The Morgan fingerprint density at radius 3 is 2.48 bits per heavy atom. The van der Waals surface area contributed by atoms with E-state index >= 15 is 0 Å². The Morgan fingerprint density at radius 2 is 1.68 bits per heavy atom. The van der Waals surface area contributed by atoms with Crippen molar-refractivity contribution in [1.82, 2.24) is 14.5 Å². The first-order valence-corrected chi connectivity index (χ1v) is 10.5. The van der Waals surface area contributed by atoms with Gasteiger partial charge >= 0.3 is 0 Å². The van der Waals surface area contributed by atoms with Gasteiger partial charge in [-0.15, -0.1) is 0 Å². The third-order valence-electron chi connectivity index (χ3n) is 5.38. The van der Waals surface area contributed by atoms with Gasteiger partial charge in [-0.3, -0.25) is 0 Å². The van der Waals surface area contributed by atoms with Crippen LogP contribution >= 0.6 is 11.6 Å². The van der Waals surface area contributed by atoms with Gasteiger partial charge in [0.05, 0.1) is 30.5 Å². The van der Waals surface area contributed by atoms with E-state index < -0.39 is 0 Å². The molecule has 3 aromatic carbocycles. The van der Waals surface area contributed by atoms with Gasteiger partial charge in [-0.05, 0) is 29.3 Å². The summed E-state index contributed by atoms with van der Waals surface area (Å²) in [5, 5.41) is 1.74. The molecule has 31 heavy (non-hydrogen) atoms. The van der Waals surface area contributed by atoms with Crippen molar-refractivity contribution >= 4 is 39.4 Å². The zero-order valence-corrected chi connectivity index (χ0v) is 17.5. The molecule has 2 aromatic heterocycles. The van der Waals surface area contributed by atoms with E-state index in [1.807, 2.05) is 73.1 Å². The first-order valence-electron chi connectivity index (χ1n) is 10.1. The second kappa shape index (κ2) is 8.38. The maximum Gasteiger partial charge on any atom is 0.152 e. The van der Waals surface area contributed by atoms with E-state index in [0.29, 0.717) is 29.5 Å². The van der Waals surface area contributed by atoms with Gasteiger partial charge < -0.3 is 15.0 Å². The van der Waals surface area contributed by atoms with E-state index in [2.05, 4.69) is 26.7 Å². The number of benzene rings is 3. The summed E-state index contributed by atoms with van der Waals surface area (Å²) in [6.45, 7) is 1.08. The number of halogens is 1. The molecule has 0 amide bonds. The van der Waals surface area contributed by atoms with Gasteiger partial charge in [0.2, 0.25) is 0 Å². The Labute approximate surface area is 185 Å². The second-order valence-corrected chi connectivity index (χ2v) is 7.88. The first-order chi connectivity index (χ1) is 15.2. The minimum absolute atomic E-state index is 0.164. The third-order valence-corrected chi connectivity index (χ3v) is 5.63. The van der Waals surface area contributed by atoms with Crippen LogP contribution in [0.2, 0.25) is 5.02 Å². The highest BCUT2D eigenvalue weighted by Gasteiger charge is 2.18. The lowest BCUT2D eigenvalue weighted by Gasteiger charge is -2.20. The summed E-state index contributed by atoms with van der Waals surface area (Å²) in [6, 6.07) is 25.9. The number of pyridine rings is 1. The molecule has 0 fully saturated rings. The summed E-state index contributed by atoms with van der Waals surface area (Å²) < 4.78 is 8.49. The predicted molar refractivity (Wildman–Crippen MR) is 125 cm³/mol. The molecule has 6 heteroatoms. The molecule has 0 aliphatic heterocycles. The SMILES string of the molecule is Nc1nc2ccccc2c2c1ncn2CC(OCc1ccc(Cl)cc1)c1ccccc1. The highest BCUT2D eigenvalue weighted by Crippen LogP contribution is 2.29. The van der Waals surface area contributed by atoms with Crippen LogP contribution in [0.1, 0.15) is 17.2 Å². The molecule has 0 bridgehead atoms. The zero-order valence-electron chi connectivity index (χ0n) is 16.8. The van der Waals surface area contributed by atoms with Crippen LogP contribution in [-0.2, 0) is 17.9 Å². The normalized spacial score (nSPS) is 12.4. The van der Waals surface area contributed by atoms with Crippen molar-refractivity contribution in [2.45, 2.75) is 19.3 Å². The molecular weight excluding hydrogens is 408 g/mol. The summed E-state index contributed by atoms with van der Waals surface area (Å²) in [5.41, 5.74) is 10.9. The van der Waals surface area contributed by atoms with Gasteiger partial charge in [-0.2, -0.15) is 0 Å². The van der Waals surface area contributed by atoms with Crippen molar-refractivity contribution in [2.24, 2.45) is 0 Å². The van der Waals surface area contributed by atoms with Crippen LogP contribution in [0.3, 0.4) is 0 Å². The van der Waals surface area contributed by atoms with Crippen LogP contribution < -0.4 is 5.73 Å². The Balaban J connectivity index is 1.52. The van der Waals surface area contributed by atoms with E-state index in [1.54, 1.807) is 0 Å². The molecule has 2 heterocycles. The van der Waals surface area contributed by atoms with Gasteiger partial charge in [0.15, 0.2) is 5.82 Å². The molecule has 2 N–H and O–H groups in total. The molecule has 0 saturated carbocycles. The Kier molecular flexibility index (Phi) is 5.28. The monoisotopic (exact) mass is 428 g/mol. The molecular formula is C25H21ClN4O. The summed E-state index contributed by atoms with van der Waals surface area (Å²) >= 11 is 6.01. The van der Waals surface area contributed by atoms with Crippen LogP contribution in [0, 0.1) is 0 Å². The van der Waals surface area contributed by atoms with E-state index in [4.69, 9.17) is 22.1 Å².